The molecular formula is C10H17NO2. The van der Waals surface area contributed by atoms with Gasteiger partial charge in [-0.05, 0) is 31.6 Å². The zero-order chi connectivity index (χ0) is 9.10. The highest BCUT2D eigenvalue weighted by Crippen LogP contribution is 2.22. The Labute approximate surface area is 78.8 Å². The van der Waals surface area contributed by atoms with Gasteiger partial charge in [-0.15, -0.1) is 0 Å². The predicted octanol–water partition coefficient (Wildman–Crippen LogP) is 1.08. The van der Waals surface area contributed by atoms with Crippen molar-refractivity contribution in [2.24, 2.45) is 5.92 Å². The van der Waals surface area contributed by atoms with Crippen LogP contribution < -0.4 is 5.32 Å². The average molecular weight is 183 g/mol. The summed E-state index contributed by atoms with van der Waals surface area (Å²) in [5.41, 5.74) is 0. The van der Waals surface area contributed by atoms with Crippen LogP contribution in [0.4, 0.5) is 0 Å². The molecule has 2 heterocycles. The molecule has 2 unspecified atom stereocenters. The fourth-order valence-corrected chi connectivity index (χ4v) is 2.25. The Morgan fingerprint density at radius 3 is 3.00 bits per heavy atom. The number of ether oxygens (including phenoxy) is 1. The van der Waals surface area contributed by atoms with Crippen LogP contribution in [0.2, 0.25) is 0 Å². The van der Waals surface area contributed by atoms with Crippen molar-refractivity contribution < 1.29 is 9.53 Å². The number of hydrogen-bond acceptors (Lipinski definition) is 2. The highest BCUT2D eigenvalue weighted by atomic mass is 16.5. The molecule has 13 heavy (non-hydrogen) atoms. The third kappa shape index (κ3) is 2.44. The molecule has 2 atom stereocenters. The van der Waals surface area contributed by atoms with Crippen LogP contribution >= 0.6 is 0 Å². The molecule has 0 bridgehead atoms. The summed E-state index contributed by atoms with van der Waals surface area (Å²) in [6, 6.07) is 0.430. The molecule has 3 heteroatoms. The number of nitrogens with one attached hydrogen (secondary N) is 1. The van der Waals surface area contributed by atoms with Crippen molar-refractivity contribution in [2.75, 3.05) is 13.2 Å². The highest BCUT2D eigenvalue weighted by Gasteiger charge is 2.25. The molecule has 0 aromatic heterocycles. The van der Waals surface area contributed by atoms with Gasteiger partial charge < -0.3 is 10.1 Å². The molecule has 3 nitrogen and oxygen atoms in total. The maximum Gasteiger partial charge on any atom is 0.220 e. The Hall–Kier alpha value is -0.570. The van der Waals surface area contributed by atoms with E-state index in [0.29, 0.717) is 12.0 Å². The highest BCUT2D eigenvalue weighted by molar-refractivity contribution is 5.78. The fraction of sp³-hybridized carbons (Fsp3) is 0.900. The van der Waals surface area contributed by atoms with Crippen molar-refractivity contribution in [1.82, 2.24) is 5.32 Å². The van der Waals surface area contributed by atoms with Crippen molar-refractivity contribution in [1.29, 1.82) is 0 Å². The molecule has 0 saturated carbocycles. The molecule has 2 aliphatic rings. The van der Waals surface area contributed by atoms with Gasteiger partial charge in [0.15, 0.2) is 0 Å². The minimum Gasteiger partial charge on any atom is -0.381 e. The first-order chi connectivity index (χ1) is 6.34. The lowest BCUT2D eigenvalue weighted by Crippen LogP contribution is -2.30. The second kappa shape index (κ2) is 4.09. The summed E-state index contributed by atoms with van der Waals surface area (Å²) in [6.45, 7) is 1.82. The Morgan fingerprint density at radius 1 is 1.46 bits per heavy atom. The SMILES string of the molecule is O=C1CCC(CC2CCCOC2)N1. The van der Waals surface area contributed by atoms with Gasteiger partial charge >= 0.3 is 0 Å². The van der Waals surface area contributed by atoms with Crippen LogP contribution in [0.15, 0.2) is 0 Å². The van der Waals surface area contributed by atoms with E-state index in [2.05, 4.69) is 5.32 Å². The lowest BCUT2D eigenvalue weighted by Gasteiger charge is -2.24. The minimum absolute atomic E-state index is 0.224. The second-order valence-corrected chi connectivity index (χ2v) is 4.12. The van der Waals surface area contributed by atoms with Crippen LogP contribution in [0, 0.1) is 5.92 Å². The zero-order valence-corrected chi connectivity index (χ0v) is 7.92. The molecule has 2 fully saturated rings. The Bertz CT molecular complexity index is 187. The number of amides is 1. The van der Waals surface area contributed by atoms with Gasteiger partial charge in [0, 0.05) is 25.7 Å². The standard InChI is InChI=1S/C10H17NO2/c12-10-4-3-9(11-10)6-8-2-1-5-13-7-8/h8-9H,1-7H2,(H,11,12). The van der Waals surface area contributed by atoms with E-state index >= 15 is 0 Å². The van der Waals surface area contributed by atoms with Gasteiger partial charge in [0.05, 0.1) is 0 Å². The molecule has 2 aliphatic heterocycles. The summed E-state index contributed by atoms with van der Waals surface area (Å²) < 4.78 is 5.41. The van der Waals surface area contributed by atoms with Gasteiger partial charge in [-0.3, -0.25) is 4.79 Å². The van der Waals surface area contributed by atoms with Crippen molar-refractivity contribution in [2.45, 2.75) is 38.1 Å². The van der Waals surface area contributed by atoms with Gasteiger partial charge in [-0.25, -0.2) is 0 Å². The molecule has 1 N–H and O–H groups in total. The van der Waals surface area contributed by atoms with E-state index in [1.165, 1.54) is 12.8 Å². The molecule has 74 valence electrons. The molecule has 0 spiro atoms. The van der Waals surface area contributed by atoms with Crippen molar-refractivity contribution in [3.8, 4) is 0 Å². The van der Waals surface area contributed by atoms with E-state index in [4.69, 9.17) is 4.74 Å². The first kappa shape index (κ1) is 9.00. The van der Waals surface area contributed by atoms with Crippen LogP contribution in [-0.4, -0.2) is 25.2 Å². The van der Waals surface area contributed by atoms with Gasteiger partial charge in [-0.2, -0.15) is 0 Å². The first-order valence-corrected chi connectivity index (χ1v) is 5.21. The lowest BCUT2D eigenvalue weighted by molar-refractivity contribution is -0.119. The monoisotopic (exact) mass is 183 g/mol. The van der Waals surface area contributed by atoms with Gasteiger partial charge in [0.2, 0.25) is 5.91 Å². The minimum atomic E-state index is 0.224. The molecule has 2 rings (SSSR count). The smallest absolute Gasteiger partial charge is 0.220 e. The van der Waals surface area contributed by atoms with Gasteiger partial charge in [-0.1, -0.05) is 0 Å². The van der Waals surface area contributed by atoms with E-state index in [-0.39, 0.29) is 5.91 Å². The molecule has 1 amide bonds. The van der Waals surface area contributed by atoms with Crippen molar-refractivity contribution in [3.05, 3.63) is 0 Å². The van der Waals surface area contributed by atoms with Crippen molar-refractivity contribution >= 4 is 5.91 Å². The number of carbonyl (C=O) groups excluding carboxylic acids is 1. The maximum absolute atomic E-state index is 11.0. The summed E-state index contributed by atoms with van der Waals surface area (Å²) >= 11 is 0. The number of carbonyl (C=O) groups is 1. The molecule has 0 aliphatic carbocycles. The van der Waals surface area contributed by atoms with Crippen LogP contribution in [-0.2, 0) is 9.53 Å². The summed E-state index contributed by atoms with van der Waals surface area (Å²) in [5.74, 6) is 0.902. The zero-order valence-electron chi connectivity index (χ0n) is 7.92. The largest absolute Gasteiger partial charge is 0.381 e. The second-order valence-electron chi connectivity index (χ2n) is 4.12. The van der Waals surface area contributed by atoms with Crippen molar-refractivity contribution in [3.63, 3.8) is 0 Å². The molecule has 0 aromatic carbocycles. The third-order valence-electron chi connectivity index (χ3n) is 2.96. The van der Waals surface area contributed by atoms with Crippen LogP contribution in [0.1, 0.15) is 32.1 Å². The van der Waals surface area contributed by atoms with Gasteiger partial charge in [0.25, 0.3) is 0 Å². The van der Waals surface area contributed by atoms with Crippen LogP contribution in [0.3, 0.4) is 0 Å². The molecular weight excluding hydrogens is 166 g/mol. The van der Waals surface area contributed by atoms with Crippen LogP contribution in [0.5, 0.6) is 0 Å². The Kier molecular flexibility index (Phi) is 2.83. The fourth-order valence-electron chi connectivity index (χ4n) is 2.25. The summed E-state index contributed by atoms with van der Waals surface area (Å²) in [5, 5.41) is 3.01. The van der Waals surface area contributed by atoms with E-state index < -0.39 is 0 Å². The lowest BCUT2D eigenvalue weighted by atomic mass is 9.94. The normalized spacial score (nSPS) is 34.6. The van der Waals surface area contributed by atoms with Gasteiger partial charge in [0.1, 0.15) is 0 Å². The van der Waals surface area contributed by atoms with Crippen LogP contribution in [0.25, 0.3) is 0 Å². The first-order valence-electron chi connectivity index (χ1n) is 5.21. The third-order valence-corrected chi connectivity index (χ3v) is 2.96. The maximum atomic E-state index is 11.0. The summed E-state index contributed by atoms with van der Waals surface area (Å²) in [4.78, 5) is 11.0. The average Bonchev–Trinajstić information content (AvgIpc) is 2.53. The Morgan fingerprint density at radius 2 is 2.38 bits per heavy atom. The molecule has 0 radical (unpaired) electrons. The summed E-state index contributed by atoms with van der Waals surface area (Å²) in [7, 11) is 0. The molecule has 0 aromatic rings. The Balaban J connectivity index is 1.73. The molecule has 2 saturated heterocycles. The van der Waals surface area contributed by atoms with E-state index in [1.807, 2.05) is 0 Å². The van der Waals surface area contributed by atoms with E-state index in [0.717, 1.165) is 32.5 Å². The predicted molar refractivity (Wildman–Crippen MR) is 49.3 cm³/mol. The number of hydrogen-bond donors (Lipinski definition) is 1. The quantitative estimate of drug-likeness (QED) is 0.695. The number of rotatable bonds is 2. The topological polar surface area (TPSA) is 38.3 Å². The van der Waals surface area contributed by atoms with E-state index in [1.54, 1.807) is 0 Å². The van der Waals surface area contributed by atoms with E-state index in [9.17, 15) is 4.79 Å². The summed E-state index contributed by atoms with van der Waals surface area (Å²) in [6.07, 6.45) is 5.32.